The Morgan fingerprint density at radius 3 is 3.12 bits per heavy atom. The lowest BCUT2D eigenvalue weighted by atomic mass is 9.98. The second kappa shape index (κ2) is 7.61. The minimum atomic E-state index is -0.221. The van der Waals surface area contributed by atoms with Gasteiger partial charge in [-0.05, 0) is 31.2 Å². The van der Waals surface area contributed by atoms with Crippen LogP contribution >= 0.6 is 11.3 Å². The number of amides is 1. The molecule has 24 heavy (non-hydrogen) atoms. The Morgan fingerprint density at radius 1 is 1.50 bits per heavy atom. The van der Waals surface area contributed by atoms with Crippen molar-refractivity contribution < 1.29 is 18.8 Å². The van der Waals surface area contributed by atoms with Gasteiger partial charge in [-0.2, -0.15) is 0 Å². The number of ether oxygens (including phenoxy) is 1. The van der Waals surface area contributed by atoms with Crippen LogP contribution in [0.3, 0.4) is 0 Å². The molecule has 1 amide bonds. The van der Waals surface area contributed by atoms with Gasteiger partial charge in [0.1, 0.15) is 0 Å². The molecule has 0 bridgehead atoms. The molecule has 0 saturated carbocycles. The van der Waals surface area contributed by atoms with Crippen molar-refractivity contribution in [2.24, 2.45) is 5.92 Å². The summed E-state index contributed by atoms with van der Waals surface area (Å²) in [6.45, 7) is 3.25. The zero-order chi connectivity index (χ0) is 16.9. The van der Waals surface area contributed by atoms with Crippen molar-refractivity contribution in [1.29, 1.82) is 0 Å². The maximum absolute atomic E-state index is 12.5. The Hall–Kier alpha value is -2.15. The maximum Gasteiger partial charge on any atom is 0.310 e. The smallest absolute Gasteiger partial charge is 0.310 e. The second-order valence-corrected chi connectivity index (χ2v) is 6.72. The maximum atomic E-state index is 12.5. The minimum absolute atomic E-state index is 0.0324. The molecule has 1 aliphatic heterocycles. The molecule has 1 unspecified atom stereocenters. The van der Waals surface area contributed by atoms with Crippen LogP contribution in [0.25, 0.3) is 10.6 Å². The van der Waals surface area contributed by atoms with Gasteiger partial charge in [0.05, 0.1) is 29.5 Å². The van der Waals surface area contributed by atoms with Crippen molar-refractivity contribution in [2.75, 3.05) is 19.7 Å². The van der Waals surface area contributed by atoms with Gasteiger partial charge in [-0.3, -0.25) is 9.59 Å². The fourth-order valence-corrected chi connectivity index (χ4v) is 3.53. The number of nitrogens with zero attached hydrogens (tertiary/aromatic N) is 2. The largest absolute Gasteiger partial charge is 0.466 e. The van der Waals surface area contributed by atoms with E-state index in [0.717, 1.165) is 17.7 Å². The molecule has 0 aliphatic carbocycles. The van der Waals surface area contributed by atoms with E-state index in [0.29, 0.717) is 31.2 Å². The molecule has 0 radical (unpaired) electrons. The van der Waals surface area contributed by atoms with Gasteiger partial charge in [0, 0.05) is 19.2 Å². The van der Waals surface area contributed by atoms with E-state index in [9.17, 15) is 9.59 Å². The summed E-state index contributed by atoms with van der Waals surface area (Å²) in [6.07, 6.45) is 1.77. The van der Waals surface area contributed by atoms with E-state index in [-0.39, 0.29) is 24.2 Å². The molecule has 3 rings (SSSR count). The number of likely N-dealkylation sites (tertiary alicyclic amines) is 1. The van der Waals surface area contributed by atoms with Crippen molar-refractivity contribution in [3.63, 3.8) is 0 Å². The van der Waals surface area contributed by atoms with Gasteiger partial charge in [0.15, 0.2) is 5.76 Å². The Balaban J connectivity index is 1.59. The van der Waals surface area contributed by atoms with E-state index < -0.39 is 0 Å². The van der Waals surface area contributed by atoms with Crippen LogP contribution in [0.15, 0.2) is 28.1 Å². The van der Waals surface area contributed by atoms with Crippen molar-refractivity contribution in [3.05, 3.63) is 29.3 Å². The predicted octanol–water partition coefficient (Wildman–Crippen LogP) is 2.75. The zero-order valence-corrected chi connectivity index (χ0v) is 14.4. The van der Waals surface area contributed by atoms with Crippen molar-refractivity contribution in [2.45, 2.75) is 26.2 Å². The monoisotopic (exact) mass is 348 g/mol. The van der Waals surface area contributed by atoms with Gasteiger partial charge < -0.3 is 14.2 Å². The number of hydrogen-bond donors (Lipinski definition) is 0. The summed E-state index contributed by atoms with van der Waals surface area (Å²) < 4.78 is 10.4. The van der Waals surface area contributed by atoms with E-state index in [1.54, 1.807) is 29.2 Å². The molecule has 128 valence electrons. The quantitative estimate of drug-likeness (QED) is 0.777. The van der Waals surface area contributed by atoms with Gasteiger partial charge in [0.2, 0.25) is 5.91 Å². The van der Waals surface area contributed by atoms with Gasteiger partial charge in [-0.25, -0.2) is 0 Å². The summed E-state index contributed by atoms with van der Waals surface area (Å²) in [7, 11) is 0. The molecule has 1 saturated heterocycles. The van der Waals surface area contributed by atoms with Crippen molar-refractivity contribution in [1.82, 2.24) is 10.1 Å². The fourth-order valence-electron chi connectivity index (χ4n) is 2.85. The molecule has 0 N–H and O–H groups in total. The third-order valence-corrected chi connectivity index (χ3v) is 4.93. The summed E-state index contributed by atoms with van der Waals surface area (Å²) in [4.78, 5) is 27.1. The van der Waals surface area contributed by atoms with Gasteiger partial charge in [-0.1, -0.05) is 11.2 Å². The number of carbonyl (C=O) groups is 2. The number of esters is 1. The summed E-state index contributed by atoms with van der Waals surface area (Å²) in [5.74, 6) is 0.212. The predicted molar refractivity (Wildman–Crippen MR) is 89.5 cm³/mol. The van der Waals surface area contributed by atoms with Gasteiger partial charge >= 0.3 is 5.97 Å². The number of aromatic nitrogens is 1. The average Bonchev–Trinajstić information content (AvgIpc) is 3.26. The van der Waals surface area contributed by atoms with Gasteiger partial charge in [0.25, 0.3) is 0 Å². The lowest BCUT2D eigenvalue weighted by Gasteiger charge is -2.31. The molecule has 7 heteroatoms. The highest BCUT2D eigenvalue weighted by Gasteiger charge is 2.29. The van der Waals surface area contributed by atoms with Crippen LogP contribution in [0.5, 0.6) is 0 Å². The van der Waals surface area contributed by atoms with Crippen LogP contribution in [-0.4, -0.2) is 41.6 Å². The molecule has 6 nitrogen and oxygen atoms in total. The van der Waals surface area contributed by atoms with Crippen LogP contribution in [0, 0.1) is 5.92 Å². The van der Waals surface area contributed by atoms with E-state index in [4.69, 9.17) is 9.26 Å². The fraction of sp³-hybridized carbons (Fsp3) is 0.471. The minimum Gasteiger partial charge on any atom is -0.466 e. The lowest BCUT2D eigenvalue weighted by molar-refractivity contribution is -0.151. The van der Waals surface area contributed by atoms with Crippen LogP contribution in [0.1, 0.15) is 25.5 Å². The first-order valence-electron chi connectivity index (χ1n) is 8.11. The molecular formula is C17H20N2O4S. The zero-order valence-electron chi connectivity index (χ0n) is 13.6. The number of hydrogen-bond acceptors (Lipinski definition) is 6. The Kier molecular flexibility index (Phi) is 5.30. The van der Waals surface area contributed by atoms with E-state index >= 15 is 0 Å². The van der Waals surface area contributed by atoms with Crippen LogP contribution in [-0.2, 0) is 20.7 Å². The topological polar surface area (TPSA) is 72.6 Å². The first kappa shape index (κ1) is 16.7. The van der Waals surface area contributed by atoms with Gasteiger partial charge in [-0.15, -0.1) is 11.3 Å². The van der Waals surface area contributed by atoms with Crippen LogP contribution < -0.4 is 0 Å². The van der Waals surface area contributed by atoms with Crippen LogP contribution in [0.4, 0.5) is 0 Å². The number of rotatable bonds is 5. The molecule has 2 aromatic heterocycles. The molecular weight excluding hydrogens is 328 g/mol. The van der Waals surface area contributed by atoms with Crippen molar-refractivity contribution in [3.8, 4) is 10.6 Å². The number of thiophene rings is 1. The lowest BCUT2D eigenvalue weighted by Crippen LogP contribution is -2.43. The SMILES string of the molecule is CCOC(=O)C1CCCN(C(=O)Cc2cc(-c3cccs3)on2)C1. The normalized spacial score (nSPS) is 17.7. The molecule has 0 spiro atoms. The highest BCUT2D eigenvalue weighted by molar-refractivity contribution is 7.13. The third kappa shape index (κ3) is 3.84. The average molecular weight is 348 g/mol. The molecule has 3 heterocycles. The number of carbonyl (C=O) groups excluding carboxylic acids is 2. The van der Waals surface area contributed by atoms with Crippen molar-refractivity contribution >= 4 is 23.2 Å². The summed E-state index contributed by atoms with van der Waals surface area (Å²) in [6, 6.07) is 5.69. The number of piperidine rings is 1. The standard InChI is InChI=1S/C17H20N2O4S/c1-2-22-17(21)12-5-3-7-19(11-12)16(20)10-13-9-14(23-18-13)15-6-4-8-24-15/h4,6,8-9,12H,2-3,5,7,10-11H2,1H3. The van der Waals surface area contributed by atoms with E-state index in [1.807, 2.05) is 17.5 Å². The third-order valence-electron chi connectivity index (χ3n) is 4.05. The molecule has 1 aliphatic rings. The first-order chi connectivity index (χ1) is 11.7. The summed E-state index contributed by atoms with van der Waals surface area (Å²) in [5.41, 5.74) is 0.613. The second-order valence-electron chi connectivity index (χ2n) is 5.77. The Morgan fingerprint density at radius 2 is 2.38 bits per heavy atom. The van der Waals surface area contributed by atoms with Crippen LogP contribution in [0.2, 0.25) is 0 Å². The Bertz CT molecular complexity index is 695. The first-order valence-corrected chi connectivity index (χ1v) is 8.99. The molecule has 1 atom stereocenters. The van der Waals surface area contributed by atoms with E-state index in [1.165, 1.54) is 0 Å². The molecule has 1 fully saturated rings. The highest BCUT2D eigenvalue weighted by atomic mass is 32.1. The Labute approximate surface area is 144 Å². The molecule has 2 aromatic rings. The highest BCUT2D eigenvalue weighted by Crippen LogP contribution is 2.25. The summed E-state index contributed by atoms with van der Waals surface area (Å²) in [5, 5.41) is 5.95. The molecule has 0 aromatic carbocycles. The van der Waals surface area contributed by atoms with E-state index in [2.05, 4.69) is 5.16 Å². The summed E-state index contributed by atoms with van der Waals surface area (Å²) >= 11 is 1.56.